The van der Waals surface area contributed by atoms with Crippen molar-refractivity contribution in [2.45, 2.75) is 13.5 Å². The Labute approximate surface area is 158 Å². The molecule has 1 amide bonds. The number of nitrogens with zero attached hydrogens (tertiary/aromatic N) is 2. The SMILES string of the molecule is CC(=O)c1cccc(NC(=O)Cn2cnc3c(Cl)cc(Cl)cc3c2=O)c1. The maximum absolute atomic E-state index is 12.5. The van der Waals surface area contributed by atoms with E-state index in [-0.39, 0.29) is 22.7 Å². The van der Waals surface area contributed by atoms with E-state index in [4.69, 9.17) is 23.2 Å². The summed E-state index contributed by atoms with van der Waals surface area (Å²) < 4.78 is 1.17. The van der Waals surface area contributed by atoms with Crippen LogP contribution in [0, 0.1) is 0 Å². The molecule has 0 saturated heterocycles. The van der Waals surface area contributed by atoms with E-state index in [9.17, 15) is 14.4 Å². The van der Waals surface area contributed by atoms with Gasteiger partial charge in [0.05, 0.1) is 22.3 Å². The second kappa shape index (κ2) is 7.27. The molecule has 0 unspecified atom stereocenters. The predicted octanol–water partition coefficient (Wildman–Crippen LogP) is 3.54. The number of hydrogen-bond donors (Lipinski definition) is 1. The zero-order valence-corrected chi connectivity index (χ0v) is 15.1. The number of fused-ring (bicyclic) bond motifs is 1. The van der Waals surface area contributed by atoms with Crippen LogP contribution < -0.4 is 10.9 Å². The molecular weight excluding hydrogens is 377 g/mol. The molecule has 1 aromatic heterocycles. The van der Waals surface area contributed by atoms with Crippen molar-refractivity contribution in [1.29, 1.82) is 0 Å². The molecule has 0 bridgehead atoms. The highest BCUT2D eigenvalue weighted by Crippen LogP contribution is 2.23. The Balaban J connectivity index is 1.86. The van der Waals surface area contributed by atoms with Crippen LogP contribution in [0.4, 0.5) is 5.69 Å². The van der Waals surface area contributed by atoms with Gasteiger partial charge in [-0.25, -0.2) is 4.98 Å². The van der Waals surface area contributed by atoms with Gasteiger partial charge >= 0.3 is 0 Å². The van der Waals surface area contributed by atoms with E-state index in [0.717, 1.165) is 0 Å². The van der Waals surface area contributed by atoms with E-state index in [1.54, 1.807) is 24.3 Å². The second-order valence-corrected chi connectivity index (χ2v) is 6.49. The molecule has 0 aliphatic heterocycles. The fourth-order valence-electron chi connectivity index (χ4n) is 2.48. The summed E-state index contributed by atoms with van der Waals surface area (Å²) in [6.07, 6.45) is 1.26. The van der Waals surface area contributed by atoms with Gasteiger partial charge in [-0.3, -0.25) is 19.0 Å². The van der Waals surface area contributed by atoms with Gasteiger partial charge in [-0.1, -0.05) is 35.3 Å². The van der Waals surface area contributed by atoms with Crippen LogP contribution in [0.25, 0.3) is 10.9 Å². The lowest BCUT2D eigenvalue weighted by molar-refractivity contribution is -0.116. The normalized spacial score (nSPS) is 10.7. The highest BCUT2D eigenvalue weighted by molar-refractivity contribution is 6.38. The van der Waals surface area contributed by atoms with Crippen LogP contribution in [-0.2, 0) is 11.3 Å². The lowest BCUT2D eigenvalue weighted by atomic mass is 10.1. The molecule has 0 fully saturated rings. The zero-order chi connectivity index (χ0) is 18.8. The molecule has 132 valence electrons. The number of Topliss-reactive ketones (excluding diaryl/α,β-unsaturated/α-hetero) is 1. The summed E-state index contributed by atoms with van der Waals surface area (Å²) in [6, 6.07) is 9.51. The van der Waals surface area contributed by atoms with Crippen molar-refractivity contribution in [2.75, 3.05) is 5.32 Å². The topological polar surface area (TPSA) is 81.1 Å². The minimum Gasteiger partial charge on any atom is -0.325 e. The Hall–Kier alpha value is -2.70. The van der Waals surface area contributed by atoms with E-state index >= 15 is 0 Å². The van der Waals surface area contributed by atoms with Gasteiger partial charge in [0.15, 0.2) is 5.78 Å². The molecule has 26 heavy (non-hydrogen) atoms. The van der Waals surface area contributed by atoms with Crippen molar-refractivity contribution in [2.24, 2.45) is 0 Å². The molecular formula is C18H13Cl2N3O3. The number of ketones is 1. The van der Waals surface area contributed by atoms with Gasteiger partial charge in [0.1, 0.15) is 6.54 Å². The van der Waals surface area contributed by atoms with Gasteiger partial charge in [-0.2, -0.15) is 0 Å². The number of aromatic nitrogens is 2. The van der Waals surface area contributed by atoms with Gasteiger partial charge in [0.25, 0.3) is 5.56 Å². The molecule has 0 atom stereocenters. The number of amides is 1. The smallest absolute Gasteiger partial charge is 0.261 e. The third-order valence-corrected chi connectivity index (χ3v) is 4.22. The maximum atomic E-state index is 12.5. The van der Waals surface area contributed by atoms with E-state index in [1.165, 1.54) is 30.0 Å². The van der Waals surface area contributed by atoms with E-state index < -0.39 is 11.5 Å². The first-order valence-electron chi connectivity index (χ1n) is 7.60. The minimum absolute atomic E-state index is 0.107. The average molecular weight is 390 g/mol. The number of anilines is 1. The summed E-state index contributed by atoms with van der Waals surface area (Å²) in [4.78, 5) is 40.3. The Morgan fingerprint density at radius 2 is 1.96 bits per heavy atom. The fourth-order valence-corrected chi connectivity index (χ4v) is 3.02. The van der Waals surface area contributed by atoms with Gasteiger partial charge in [0, 0.05) is 16.3 Å². The lowest BCUT2D eigenvalue weighted by Crippen LogP contribution is -2.28. The minimum atomic E-state index is -0.429. The molecule has 2 aromatic carbocycles. The monoisotopic (exact) mass is 389 g/mol. The number of benzene rings is 2. The number of hydrogen-bond acceptors (Lipinski definition) is 4. The Kier molecular flexibility index (Phi) is 5.06. The van der Waals surface area contributed by atoms with Gasteiger partial charge in [-0.15, -0.1) is 0 Å². The highest BCUT2D eigenvalue weighted by atomic mass is 35.5. The number of rotatable bonds is 4. The molecule has 8 heteroatoms. The number of carbonyl (C=O) groups excluding carboxylic acids is 2. The maximum Gasteiger partial charge on any atom is 0.261 e. The third kappa shape index (κ3) is 3.76. The first-order chi connectivity index (χ1) is 12.3. The van der Waals surface area contributed by atoms with Gasteiger partial charge in [0.2, 0.25) is 5.91 Å². The summed E-state index contributed by atoms with van der Waals surface area (Å²) in [6.45, 7) is 1.20. The first-order valence-corrected chi connectivity index (χ1v) is 8.36. The molecule has 3 rings (SSSR count). The Bertz CT molecular complexity index is 1090. The Morgan fingerprint density at radius 3 is 2.69 bits per heavy atom. The summed E-state index contributed by atoms with van der Waals surface area (Å²) in [7, 11) is 0. The molecule has 3 aromatic rings. The lowest BCUT2D eigenvalue weighted by Gasteiger charge is -2.09. The number of halogens is 2. The van der Waals surface area contributed by atoms with Gasteiger partial charge < -0.3 is 5.32 Å². The van der Waals surface area contributed by atoms with Crippen molar-refractivity contribution in [1.82, 2.24) is 9.55 Å². The summed E-state index contributed by atoms with van der Waals surface area (Å²) in [5.74, 6) is -0.535. The van der Waals surface area contributed by atoms with E-state index in [2.05, 4.69) is 10.3 Å². The van der Waals surface area contributed by atoms with Crippen molar-refractivity contribution in [3.8, 4) is 0 Å². The largest absolute Gasteiger partial charge is 0.325 e. The average Bonchev–Trinajstić information content (AvgIpc) is 2.58. The molecule has 0 aliphatic rings. The second-order valence-electron chi connectivity index (χ2n) is 5.65. The molecule has 6 nitrogen and oxygen atoms in total. The number of carbonyl (C=O) groups is 2. The van der Waals surface area contributed by atoms with Crippen LogP contribution >= 0.6 is 23.2 Å². The first kappa shape index (κ1) is 18.1. The van der Waals surface area contributed by atoms with Crippen LogP contribution in [0.3, 0.4) is 0 Å². The predicted molar refractivity (Wildman–Crippen MR) is 101 cm³/mol. The van der Waals surface area contributed by atoms with Crippen LogP contribution in [0.2, 0.25) is 10.0 Å². The Morgan fingerprint density at radius 1 is 1.19 bits per heavy atom. The van der Waals surface area contributed by atoms with Crippen LogP contribution in [0.1, 0.15) is 17.3 Å². The molecule has 1 heterocycles. The number of nitrogens with one attached hydrogen (secondary N) is 1. The summed E-state index contributed by atoms with van der Waals surface area (Å²) in [5, 5.41) is 3.46. The molecule has 1 N–H and O–H groups in total. The van der Waals surface area contributed by atoms with Crippen molar-refractivity contribution in [3.63, 3.8) is 0 Å². The fraction of sp³-hybridized carbons (Fsp3) is 0.111. The van der Waals surface area contributed by atoms with Crippen molar-refractivity contribution in [3.05, 3.63) is 68.7 Å². The zero-order valence-electron chi connectivity index (χ0n) is 13.6. The molecule has 0 saturated carbocycles. The van der Waals surface area contributed by atoms with Crippen LogP contribution in [0.5, 0.6) is 0 Å². The molecule has 0 aliphatic carbocycles. The summed E-state index contributed by atoms with van der Waals surface area (Å²) in [5.41, 5.74) is 0.853. The van der Waals surface area contributed by atoms with E-state index in [1.807, 2.05) is 0 Å². The van der Waals surface area contributed by atoms with E-state index in [0.29, 0.717) is 21.8 Å². The van der Waals surface area contributed by atoms with Crippen molar-refractivity contribution >= 4 is 51.5 Å². The summed E-state index contributed by atoms with van der Waals surface area (Å²) >= 11 is 12.0. The highest BCUT2D eigenvalue weighted by Gasteiger charge is 2.12. The quantitative estimate of drug-likeness (QED) is 0.691. The molecule has 0 radical (unpaired) electrons. The van der Waals surface area contributed by atoms with Crippen LogP contribution in [0.15, 0.2) is 47.5 Å². The standard InChI is InChI=1S/C18H13Cl2N3O3/c1-10(24)11-3-2-4-13(5-11)22-16(25)8-23-9-21-17-14(18(23)26)6-12(19)7-15(17)20/h2-7,9H,8H2,1H3,(H,22,25). The van der Waals surface area contributed by atoms with Crippen molar-refractivity contribution < 1.29 is 9.59 Å². The van der Waals surface area contributed by atoms with Gasteiger partial charge in [-0.05, 0) is 31.2 Å². The van der Waals surface area contributed by atoms with Crippen LogP contribution in [-0.4, -0.2) is 21.2 Å². The molecule has 0 spiro atoms. The third-order valence-electron chi connectivity index (χ3n) is 3.71.